The molecule has 0 radical (unpaired) electrons. The van der Waals surface area contributed by atoms with Crippen molar-refractivity contribution in [1.82, 2.24) is 5.32 Å². The lowest BCUT2D eigenvalue weighted by Crippen LogP contribution is -2.39. The number of amides is 1. The third-order valence-electron chi connectivity index (χ3n) is 3.10. The number of carbonyl (C=O) groups excluding carboxylic acids is 1. The van der Waals surface area contributed by atoms with Crippen LogP contribution < -0.4 is 5.32 Å². The van der Waals surface area contributed by atoms with Crippen molar-refractivity contribution in [3.05, 3.63) is 12.2 Å². The predicted molar refractivity (Wildman–Crippen MR) is 65.5 cm³/mol. The Hall–Kier alpha value is -1.83. The molecule has 0 aromatic carbocycles. The number of allylic oxidation sites excluding steroid dienone is 2. The van der Waals surface area contributed by atoms with Gasteiger partial charge in [0.05, 0.1) is 17.9 Å². The van der Waals surface area contributed by atoms with Gasteiger partial charge in [0.1, 0.15) is 0 Å². The first kappa shape index (κ1) is 14.2. The first-order chi connectivity index (χ1) is 8.66. The van der Waals surface area contributed by atoms with Gasteiger partial charge in [0.15, 0.2) is 0 Å². The summed E-state index contributed by atoms with van der Waals surface area (Å²) in [6.45, 7) is 0.507. The maximum Gasteiger partial charge on any atom is 0.307 e. The van der Waals surface area contributed by atoms with Gasteiger partial charge >= 0.3 is 5.97 Å². The Kier molecular flexibility index (Phi) is 5.92. The van der Waals surface area contributed by atoms with Gasteiger partial charge in [0, 0.05) is 13.0 Å². The van der Waals surface area contributed by atoms with Crippen LogP contribution in [0.25, 0.3) is 0 Å². The molecule has 0 saturated heterocycles. The van der Waals surface area contributed by atoms with Gasteiger partial charge in [-0.05, 0) is 25.7 Å². The fraction of sp³-hybridized carbons (Fsp3) is 0.615. The first-order valence-corrected chi connectivity index (χ1v) is 6.19. The van der Waals surface area contributed by atoms with Crippen LogP contribution in [0, 0.1) is 23.2 Å². The second-order valence-electron chi connectivity index (χ2n) is 4.40. The second-order valence-corrected chi connectivity index (χ2v) is 4.40. The number of rotatable bonds is 6. The van der Waals surface area contributed by atoms with Crippen molar-refractivity contribution in [2.45, 2.75) is 32.1 Å². The average Bonchev–Trinajstić information content (AvgIpc) is 2.38. The number of hydrogen-bond acceptors (Lipinski definition) is 3. The maximum absolute atomic E-state index is 11.9. The largest absolute Gasteiger partial charge is 0.481 e. The molecule has 0 bridgehead atoms. The van der Waals surface area contributed by atoms with E-state index in [-0.39, 0.29) is 5.91 Å². The van der Waals surface area contributed by atoms with Gasteiger partial charge in [-0.1, -0.05) is 12.2 Å². The van der Waals surface area contributed by atoms with E-state index in [0.29, 0.717) is 25.8 Å². The molecule has 0 saturated carbocycles. The lowest BCUT2D eigenvalue weighted by molar-refractivity contribution is -0.147. The van der Waals surface area contributed by atoms with E-state index in [1.165, 1.54) is 0 Å². The minimum Gasteiger partial charge on any atom is -0.481 e. The van der Waals surface area contributed by atoms with Crippen LogP contribution in [0.3, 0.4) is 0 Å². The summed E-state index contributed by atoms with van der Waals surface area (Å²) in [5.41, 5.74) is 0. The molecule has 1 rings (SSSR count). The van der Waals surface area contributed by atoms with E-state index in [0.717, 1.165) is 12.8 Å². The molecular weight excluding hydrogens is 232 g/mol. The summed E-state index contributed by atoms with van der Waals surface area (Å²) in [6, 6.07) is 2.04. The zero-order valence-corrected chi connectivity index (χ0v) is 10.3. The molecule has 98 valence electrons. The van der Waals surface area contributed by atoms with Crippen molar-refractivity contribution in [1.29, 1.82) is 5.26 Å². The number of nitrogens with one attached hydrogen (secondary N) is 1. The van der Waals surface area contributed by atoms with Crippen LogP contribution in [0.15, 0.2) is 12.2 Å². The van der Waals surface area contributed by atoms with E-state index in [1.54, 1.807) is 0 Å². The zero-order valence-electron chi connectivity index (χ0n) is 10.3. The summed E-state index contributed by atoms with van der Waals surface area (Å²) in [7, 11) is 0. The Bertz CT molecular complexity index is 371. The van der Waals surface area contributed by atoms with E-state index in [1.807, 2.05) is 18.2 Å². The highest BCUT2D eigenvalue weighted by Gasteiger charge is 2.33. The van der Waals surface area contributed by atoms with Gasteiger partial charge in [0.2, 0.25) is 5.91 Å². The van der Waals surface area contributed by atoms with E-state index < -0.39 is 17.8 Å². The summed E-state index contributed by atoms with van der Waals surface area (Å²) < 4.78 is 0. The molecule has 1 amide bonds. The third-order valence-corrected chi connectivity index (χ3v) is 3.10. The van der Waals surface area contributed by atoms with E-state index >= 15 is 0 Å². The van der Waals surface area contributed by atoms with Gasteiger partial charge in [-0.2, -0.15) is 5.26 Å². The van der Waals surface area contributed by atoms with Crippen molar-refractivity contribution in [2.24, 2.45) is 11.8 Å². The zero-order chi connectivity index (χ0) is 13.4. The number of carboxylic acid groups (broad SMARTS) is 1. The highest BCUT2D eigenvalue weighted by atomic mass is 16.4. The first-order valence-electron chi connectivity index (χ1n) is 6.19. The Morgan fingerprint density at radius 2 is 1.94 bits per heavy atom. The molecule has 0 aliphatic heterocycles. The molecule has 0 unspecified atom stereocenters. The fourth-order valence-corrected chi connectivity index (χ4v) is 2.05. The van der Waals surface area contributed by atoms with Crippen LogP contribution >= 0.6 is 0 Å². The van der Waals surface area contributed by atoms with Crippen LogP contribution in [-0.4, -0.2) is 23.5 Å². The molecule has 2 atom stereocenters. The van der Waals surface area contributed by atoms with Crippen molar-refractivity contribution in [3.63, 3.8) is 0 Å². The Balaban J connectivity index is 2.38. The van der Waals surface area contributed by atoms with Gasteiger partial charge in [-0.25, -0.2) is 0 Å². The molecule has 0 aromatic heterocycles. The SMILES string of the molecule is N#CCCCCNC(=O)[C@@H]1CC=CC[C@@H]1C(=O)O. The highest BCUT2D eigenvalue weighted by Crippen LogP contribution is 2.25. The van der Waals surface area contributed by atoms with Crippen LogP contribution in [0.4, 0.5) is 0 Å². The summed E-state index contributed by atoms with van der Waals surface area (Å²) in [6.07, 6.45) is 6.57. The molecular formula is C13H18N2O3. The Morgan fingerprint density at radius 3 is 2.56 bits per heavy atom. The molecule has 0 heterocycles. The van der Waals surface area contributed by atoms with E-state index in [4.69, 9.17) is 10.4 Å². The molecule has 18 heavy (non-hydrogen) atoms. The lowest BCUT2D eigenvalue weighted by atomic mass is 9.82. The number of hydrogen-bond donors (Lipinski definition) is 2. The van der Waals surface area contributed by atoms with Crippen LogP contribution in [-0.2, 0) is 9.59 Å². The second kappa shape index (κ2) is 7.49. The maximum atomic E-state index is 11.9. The van der Waals surface area contributed by atoms with Gasteiger partial charge in [-0.15, -0.1) is 0 Å². The molecule has 1 aliphatic carbocycles. The predicted octanol–water partition coefficient (Wildman–Crippen LogP) is 1.46. The summed E-state index contributed by atoms with van der Waals surface area (Å²) in [5.74, 6) is -2.19. The minimum absolute atomic E-state index is 0.191. The van der Waals surface area contributed by atoms with Gasteiger partial charge in [0.25, 0.3) is 0 Å². The highest BCUT2D eigenvalue weighted by molar-refractivity contribution is 5.85. The molecule has 0 fully saturated rings. The topological polar surface area (TPSA) is 90.2 Å². The summed E-state index contributed by atoms with van der Waals surface area (Å²) in [4.78, 5) is 22.9. The van der Waals surface area contributed by atoms with E-state index in [9.17, 15) is 9.59 Å². The quantitative estimate of drug-likeness (QED) is 0.551. The third kappa shape index (κ3) is 4.21. The summed E-state index contributed by atoms with van der Waals surface area (Å²) in [5, 5.41) is 20.2. The number of nitrogens with zero attached hydrogens (tertiary/aromatic N) is 1. The number of unbranched alkanes of at least 4 members (excludes halogenated alkanes) is 2. The number of carboxylic acids is 1. The Morgan fingerprint density at radius 1 is 1.28 bits per heavy atom. The van der Waals surface area contributed by atoms with Crippen molar-refractivity contribution >= 4 is 11.9 Å². The molecule has 0 spiro atoms. The smallest absolute Gasteiger partial charge is 0.307 e. The molecule has 5 nitrogen and oxygen atoms in total. The molecule has 1 aliphatic rings. The molecule has 5 heteroatoms. The minimum atomic E-state index is -0.913. The van der Waals surface area contributed by atoms with Crippen LogP contribution in [0.1, 0.15) is 32.1 Å². The Labute approximate surface area is 106 Å². The lowest BCUT2D eigenvalue weighted by Gasteiger charge is -2.24. The number of nitriles is 1. The van der Waals surface area contributed by atoms with Crippen molar-refractivity contribution < 1.29 is 14.7 Å². The van der Waals surface area contributed by atoms with Crippen LogP contribution in [0.5, 0.6) is 0 Å². The molecule has 0 aromatic rings. The van der Waals surface area contributed by atoms with Gasteiger partial charge < -0.3 is 10.4 Å². The average molecular weight is 250 g/mol. The normalized spacial score (nSPS) is 22.2. The fourth-order valence-electron chi connectivity index (χ4n) is 2.05. The summed E-state index contributed by atoms with van der Waals surface area (Å²) >= 11 is 0. The number of carbonyl (C=O) groups is 2. The molecule has 2 N–H and O–H groups in total. The van der Waals surface area contributed by atoms with Crippen LogP contribution in [0.2, 0.25) is 0 Å². The number of aliphatic carboxylic acids is 1. The monoisotopic (exact) mass is 250 g/mol. The van der Waals surface area contributed by atoms with Gasteiger partial charge in [-0.3, -0.25) is 9.59 Å². The standard InChI is InChI=1S/C13H18N2O3/c14-8-4-1-5-9-15-12(16)10-6-2-3-7-11(10)13(17)18/h2-3,10-11H,1,4-7,9H2,(H,15,16)(H,17,18)/t10-,11+/m1/s1. The van der Waals surface area contributed by atoms with E-state index in [2.05, 4.69) is 5.32 Å². The van der Waals surface area contributed by atoms with Crippen molar-refractivity contribution in [3.8, 4) is 6.07 Å². The van der Waals surface area contributed by atoms with Crippen molar-refractivity contribution in [2.75, 3.05) is 6.54 Å².